The number of cyclic esters (lactones) is 1. The highest BCUT2D eigenvalue weighted by Gasteiger charge is 2.31. The largest absolute Gasteiger partial charge is 0.448 e. The molecule has 15 nitrogen and oxygen atoms in total. The van der Waals surface area contributed by atoms with Gasteiger partial charge in [0.2, 0.25) is 23.6 Å². The number of rotatable bonds is 6. The number of nitrogens with zero attached hydrogens (tertiary/aromatic N) is 3. The number of carbonyl (C=O) groups is 6. The Bertz CT molecular complexity index is 1630. The molecule has 0 radical (unpaired) electrons. The summed E-state index contributed by atoms with van der Waals surface area (Å²) in [5.74, 6) is -2.73. The van der Waals surface area contributed by atoms with Gasteiger partial charge in [0.15, 0.2) is 11.5 Å². The van der Waals surface area contributed by atoms with Gasteiger partial charge in [-0.25, -0.2) is 4.79 Å². The first-order valence-corrected chi connectivity index (χ1v) is 15.6. The standard InChI is InChI=1S/C33H37N7O8/c1-21-29(42)36-26(17-23-10-6-3-7-11-23)31(44)37-25(16-22-8-4-2-5-9-22)30(43)34-12-13-39(28(41)20-40-14-15-47-33(40)46)19-24-18-27(38-48-24)32(45)35-21/h2-11,18,21,25-26H,12-17,19-20H2,1H3,(H,34,43)(H,35,45)(H,36,42)(H,37,44)/t21-,25+,26-/m0/s1. The molecule has 1 aromatic heterocycles. The van der Waals surface area contributed by atoms with Crippen LogP contribution in [0.2, 0.25) is 0 Å². The Hall–Kier alpha value is -5.73. The van der Waals surface area contributed by atoms with E-state index in [1.807, 2.05) is 60.7 Å². The Kier molecular flexibility index (Phi) is 11.0. The van der Waals surface area contributed by atoms with E-state index in [0.717, 1.165) is 11.1 Å². The first-order chi connectivity index (χ1) is 23.2. The summed E-state index contributed by atoms with van der Waals surface area (Å²) in [5.41, 5.74) is 1.43. The molecule has 5 rings (SSSR count). The summed E-state index contributed by atoms with van der Waals surface area (Å²) < 4.78 is 10.3. The lowest BCUT2D eigenvalue weighted by Gasteiger charge is -2.26. The smallest absolute Gasteiger partial charge is 0.410 e. The summed E-state index contributed by atoms with van der Waals surface area (Å²) in [6, 6.07) is 16.3. The van der Waals surface area contributed by atoms with Crippen LogP contribution in [-0.4, -0.2) is 101 Å². The SMILES string of the molecule is C[C@@H]1NC(=O)c2cc(on2)CN(C(=O)CN2CCOC2=O)CCNC(=O)[C@@H](Cc2ccccc2)NC(=O)[C@H](Cc2ccccc2)NC1=O. The van der Waals surface area contributed by atoms with Gasteiger partial charge in [0.05, 0.1) is 13.1 Å². The van der Waals surface area contributed by atoms with Crippen molar-refractivity contribution in [1.82, 2.24) is 36.2 Å². The Morgan fingerprint density at radius 1 is 0.833 bits per heavy atom. The predicted molar refractivity (Wildman–Crippen MR) is 169 cm³/mol. The maximum absolute atomic E-state index is 13.8. The first-order valence-electron chi connectivity index (χ1n) is 15.6. The topological polar surface area (TPSA) is 192 Å². The number of fused-ring (bicyclic) bond motifs is 2. The van der Waals surface area contributed by atoms with E-state index in [-0.39, 0.29) is 63.6 Å². The van der Waals surface area contributed by atoms with Crippen molar-refractivity contribution in [2.45, 2.75) is 44.4 Å². The van der Waals surface area contributed by atoms with E-state index >= 15 is 0 Å². The lowest BCUT2D eigenvalue weighted by molar-refractivity contribution is -0.133. The molecule has 3 heterocycles. The first kappa shape index (κ1) is 33.6. The number of hydrogen-bond acceptors (Lipinski definition) is 9. The second-order valence-electron chi connectivity index (χ2n) is 11.5. The van der Waals surface area contributed by atoms with Gasteiger partial charge in [0.25, 0.3) is 5.91 Å². The zero-order valence-corrected chi connectivity index (χ0v) is 26.3. The van der Waals surface area contributed by atoms with Gasteiger partial charge in [-0.15, -0.1) is 0 Å². The van der Waals surface area contributed by atoms with Gasteiger partial charge in [-0.3, -0.25) is 28.9 Å². The van der Waals surface area contributed by atoms with E-state index in [4.69, 9.17) is 9.26 Å². The van der Waals surface area contributed by atoms with Crippen molar-refractivity contribution in [1.29, 1.82) is 0 Å². The molecule has 3 aromatic rings. The fourth-order valence-corrected chi connectivity index (χ4v) is 5.27. The zero-order chi connectivity index (χ0) is 34.0. The summed E-state index contributed by atoms with van der Waals surface area (Å²) >= 11 is 0. The normalized spacial score (nSPS) is 21.3. The van der Waals surface area contributed by atoms with Crippen LogP contribution in [0.1, 0.15) is 34.3 Å². The molecule has 6 amide bonds. The summed E-state index contributed by atoms with van der Waals surface area (Å²) in [7, 11) is 0. The molecule has 0 unspecified atom stereocenters. The maximum atomic E-state index is 13.8. The molecule has 1 fully saturated rings. The Morgan fingerprint density at radius 3 is 2.08 bits per heavy atom. The van der Waals surface area contributed by atoms with Crippen molar-refractivity contribution in [3.8, 4) is 0 Å². The predicted octanol–water partition coefficient (Wildman–Crippen LogP) is 0.159. The number of benzene rings is 2. The second kappa shape index (κ2) is 15.7. The highest BCUT2D eigenvalue weighted by Crippen LogP contribution is 2.12. The average Bonchev–Trinajstić information content (AvgIpc) is 3.72. The van der Waals surface area contributed by atoms with Crippen LogP contribution in [-0.2, 0) is 43.3 Å². The molecule has 2 aromatic carbocycles. The molecule has 48 heavy (non-hydrogen) atoms. The molecule has 252 valence electrons. The third-order valence-corrected chi connectivity index (χ3v) is 7.92. The molecular formula is C33H37N7O8. The second-order valence-corrected chi connectivity index (χ2v) is 11.5. The van der Waals surface area contributed by atoms with E-state index in [0.29, 0.717) is 0 Å². The quantitative estimate of drug-likeness (QED) is 0.285. The molecule has 2 aliphatic rings. The molecular weight excluding hydrogens is 622 g/mol. The van der Waals surface area contributed by atoms with Gasteiger partial charge in [0, 0.05) is 32.0 Å². The van der Waals surface area contributed by atoms with Crippen LogP contribution < -0.4 is 21.3 Å². The van der Waals surface area contributed by atoms with Crippen LogP contribution in [0.3, 0.4) is 0 Å². The molecule has 0 spiro atoms. The molecule has 2 bridgehead atoms. The summed E-state index contributed by atoms with van der Waals surface area (Å²) in [4.78, 5) is 81.6. The third-order valence-electron chi connectivity index (χ3n) is 7.92. The van der Waals surface area contributed by atoms with Gasteiger partial charge < -0.3 is 35.4 Å². The number of nitrogens with one attached hydrogen (secondary N) is 4. The van der Waals surface area contributed by atoms with E-state index < -0.39 is 53.8 Å². The highest BCUT2D eigenvalue weighted by molar-refractivity contribution is 5.97. The van der Waals surface area contributed by atoms with Gasteiger partial charge >= 0.3 is 6.09 Å². The molecule has 1 saturated heterocycles. The van der Waals surface area contributed by atoms with Crippen molar-refractivity contribution in [3.05, 3.63) is 89.3 Å². The van der Waals surface area contributed by atoms with Crippen LogP contribution in [0.4, 0.5) is 4.79 Å². The monoisotopic (exact) mass is 659 g/mol. The number of aromatic nitrogens is 1. The van der Waals surface area contributed by atoms with Crippen LogP contribution in [0, 0.1) is 0 Å². The van der Waals surface area contributed by atoms with Crippen LogP contribution in [0.15, 0.2) is 71.3 Å². The number of ether oxygens (including phenoxy) is 1. The molecule has 2 aliphatic heterocycles. The average molecular weight is 660 g/mol. The molecule has 0 aliphatic carbocycles. The lowest BCUT2D eigenvalue weighted by Crippen LogP contribution is -2.57. The van der Waals surface area contributed by atoms with Gasteiger partial charge in [-0.2, -0.15) is 0 Å². The number of amides is 6. The Labute approximate surface area is 276 Å². The van der Waals surface area contributed by atoms with Crippen molar-refractivity contribution in [2.24, 2.45) is 0 Å². The van der Waals surface area contributed by atoms with Crippen LogP contribution in [0.5, 0.6) is 0 Å². The summed E-state index contributed by atoms with van der Waals surface area (Å²) in [6.45, 7) is 1.47. The number of hydrogen-bond donors (Lipinski definition) is 4. The van der Waals surface area contributed by atoms with E-state index in [2.05, 4.69) is 26.4 Å². The van der Waals surface area contributed by atoms with E-state index in [9.17, 15) is 28.8 Å². The van der Waals surface area contributed by atoms with Crippen molar-refractivity contribution >= 4 is 35.6 Å². The van der Waals surface area contributed by atoms with Gasteiger partial charge in [-0.05, 0) is 18.1 Å². The molecule has 15 heteroatoms. The zero-order valence-electron chi connectivity index (χ0n) is 26.3. The van der Waals surface area contributed by atoms with Crippen LogP contribution in [0.25, 0.3) is 0 Å². The van der Waals surface area contributed by atoms with E-state index in [1.54, 1.807) is 0 Å². The van der Waals surface area contributed by atoms with Crippen molar-refractivity contribution in [2.75, 3.05) is 32.8 Å². The van der Waals surface area contributed by atoms with Gasteiger partial charge in [0.1, 0.15) is 31.3 Å². The molecule has 0 saturated carbocycles. The summed E-state index contributed by atoms with van der Waals surface area (Å²) in [6.07, 6.45) is -0.343. The fourth-order valence-electron chi connectivity index (χ4n) is 5.27. The Balaban J connectivity index is 1.42. The fraction of sp³-hybridized carbons (Fsp3) is 0.364. The maximum Gasteiger partial charge on any atom is 0.410 e. The van der Waals surface area contributed by atoms with Crippen molar-refractivity contribution < 1.29 is 38.0 Å². The van der Waals surface area contributed by atoms with E-state index in [1.165, 1.54) is 22.8 Å². The van der Waals surface area contributed by atoms with Gasteiger partial charge in [-0.1, -0.05) is 65.8 Å². The Morgan fingerprint density at radius 2 is 1.46 bits per heavy atom. The lowest BCUT2D eigenvalue weighted by atomic mass is 10.0. The highest BCUT2D eigenvalue weighted by atomic mass is 16.6. The van der Waals surface area contributed by atoms with Crippen LogP contribution >= 0.6 is 0 Å². The number of carbonyl (C=O) groups excluding carboxylic acids is 6. The van der Waals surface area contributed by atoms with Crippen molar-refractivity contribution in [3.63, 3.8) is 0 Å². The third kappa shape index (κ3) is 8.96. The summed E-state index contributed by atoms with van der Waals surface area (Å²) in [5, 5.41) is 14.7. The molecule has 3 atom stereocenters. The minimum atomic E-state index is -1.09. The minimum absolute atomic E-state index is 0.00537. The molecule has 4 N–H and O–H groups in total. The minimum Gasteiger partial charge on any atom is -0.448 e.